The molecule has 0 aromatic rings. The molecule has 0 bridgehead atoms. The summed E-state index contributed by atoms with van der Waals surface area (Å²) in [5.41, 5.74) is 0. The topological polar surface area (TPSA) is 55.8 Å². The van der Waals surface area contributed by atoms with Gasteiger partial charge in [0.25, 0.3) is 0 Å². The van der Waals surface area contributed by atoms with Gasteiger partial charge in [-0.25, -0.2) is 4.79 Å². The summed E-state index contributed by atoms with van der Waals surface area (Å²) in [6, 6.07) is -8.36. The Balaban J connectivity index is 5.85. The van der Waals surface area contributed by atoms with Crippen LogP contribution in [0.2, 0.25) is 0 Å². The van der Waals surface area contributed by atoms with Crippen LogP contribution >= 0.6 is 0 Å². The van der Waals surface area contributed by atoms with Gasteiger partial charge in [-0.1, -0.05) is 0 Å². The van der Waals surface area contributed by atoms with Gasteiger partial charge in [-0.15, -0.1) is 0 Å². The number of carbonyl (C=O) groups is 1. The molecule has 166 valence electrons. The second-order valence-electron chi connectivity index (χ2n) is 4.31. The van der Waals surface area contributed by atoms with Gasteiger partial charge in [0, 0.05) is 0 Å². The Morgan fingerprint density at radius 1 is 0.607 bits per heavy atom. The average molecular weight is 458 g/mol. The van der Waals surface area contributed by atoms with Crippen LogP contribution in [0, 0.1) is 0 Å². The summed E-state index contributed by atoms with van der Waals surface area (Å²) in [5, 5.41) is 7.70. The van der Waals surface area contributed by atoms with Gasteiger partial charge in [-0.2, -0.15) is 65.9 Å². The van der Waals surface area contributed by atoms with Gasteiger partial charge >= 0.3 is 54.2 Å². The number of aliphatic carboxylic acids is 1. The third-order valence-electron chi connectivity index (χ3n) is 2.34. The van der Waals surface area contributed by atoms with Gasteiger partial charge in [0.2, 0.25) is 0 Å². The zero-order valence-electron chi connectivity index (χ0n) is 11.8. The smallest absolute Gasteiger partial charge is 0.477 e. The van der Waals surface area contributed by atoms with Crippen molar-refractivity contribution in [2.75, 3.05) is 0 Å². The molecule has 0 aliphatic heterocycles. The van der Waals surface area contributed by atoms with E-state index < -0.39 is 54.2 Å². The Labute approximate surface area is 141 Å². The normalized spacial score (nSPS) is 15.8. The fraction of sp³-hybridized carbons (Fsp3) is 0.667. The van der Waals surface area contributed by atoms with E-state index in [0.29, 0.717) is 0 Å². The number of hydrogen-bond acceptors (Lipinski definition) is 3. The molecule has 0 heterocycles. The van der Waals surface area contributed by atoms with Gasteiger partial charge in [-0.05, 0) is 0 Å². The fourth-order valence-corrected chi connectivity index (χ4v) is 0.919. The molecule has 0 aromatic carbocycles. The zero-order valence-corrected chi connectivity index (χ0v) is 11.8. The molecule has 0 unspecified atom stereocenters. The third kappa shape index (κ3) is 4.26. The van der Waals surface area contributed by atoms with Crippen molar-refractivity contribution in [3.8, 4) is 0 Å². The number of ether oxygens (including phenoxy) is 2. The van der Waals surface area contributed by atoms with E-state index in [1.807, 2.05) is 4.74 Å². The summed E-state index contributed by atoms with van der Waals surface area (Å²) in [5.74, 6) is -25.5. The van der Waals surface area contributed by atoms with Crippen LogP contribution in [-0.4, -0.2) is 47.2 Å². The quantitative estimate of drug-likeness (QED) is 0.419. The summed E-state index contributed by atoms with van der Waals surface area (Å²) < 4.78 is 190. The van der Waals surface area contributed by atoms with E-state index in [1.54, 1.807) is 4.74 Å². The highest BCUT2D eigenvalue weighted by atomic mass is 19.4. The first-order valence-corrected chi connectivity index (χ1v) is 5.58. The minimum absolute atomic E-state index is 1.79. The van der Waals surface area contributed by atoms with Crippen LogP contribution in [0.4, 0.5) is 65.9 Å². The van der Waals surface area contributed by atoms with Gasteiger partial charge in [0.15, 0.2) is 0 Å². The fourth-order valence-electron chi connectivity index (χ4n) is 0.919. The average Bonchev–Trinajstić information content (AvgIpc) is 2.44. The van der Waals surface area contributed by atoms with Gasteiger partial charge in [0.1, 0.15) is 0 Å². The Morgan fingerprint density at radius 3 is 1.21 bits per heavy atom. The molecule has 0 aromatic heterocycles. The summed E-state index contributed by atoms with van der Waals surface area (Å²) in [4.78, 5) is 9.80. The van der Waals surface area contributed by atoms with Crippen LogP contribution in [0.5, 0.6) is 0 Å². The molecule has 1 N–H and O–H groups in total. The van der Waals surface area contributed by atoms with Gasteiger partial charge in [0.05, 0.1) is 0 Å². The monoisotopic (exact) mass is 458 g/mol. The minimum atomic E-state index is -7.69. The van der Waals surface area contributed by atoms with E-state index in [2.05, 4.69) is 0 Å². The Kier molecular flexibility index (Phi) is 6.42. The molecule has 0 atom stereocenters. The van der Waals surface area contributed by atoms with Crippen molar-refractivity contribution >= 4 is 5.97 Å². The first-order valence-electron chi connectivity index (χ1n) is 5.58. The van der Waals surface area contributed by atoms with Crippen molar-refractivity contribution in [1.29, 1.82) is 0 Å². The van der Waals surface area contributed by atoms with Crippen molar-refractivity contribution in [3.63, 3.8) is 0 Å². The lowest BCUT2D eigenvalue weighted by molar-refractivity contribution is -0.441. The molecule has 0 saturated heterocycles. The molecule has 0 saturated carbocycles. The maximum atomic E-state index is 12.8. The Bertz CT molecular complexity index is 634. The molecule has 0 aliphatic rings. The lowest BCUT2D eigenvalue weighted by atomic mass is 10.1. The molecule has 19 heteroatoms. The molecule has 0 radical (unpaired) electrons. The molecule has 0 rings (SSSR count). The molecule has 0 spiro atoms. The van der Waals surface area contributed by atoms with Crippen molar-refractivity contribution in [2.24, 2.45) is 0 Å². The van der Waals surface area contributed by atoms with Crippen molar-refractivity contribution in [1.82, 2.24) is 0 Å². The molecule has 4 nitrogen and oxygen atoms in total. The maximum absolute atomic E-state index is 12.8. The molecule has 0 amide bonds. The molecular formula is C9HF15O4. The van der Waals surface area contributed by atoms with Crippen LogP contribution in [0.15, 0.2) is 12.0 Å². The molecule has 0 aliphatic carbocycles. The van der Waals surface area contributed by atoms with Gasteiger partial charge < -0.3 is 14.6 Å². The number of alkyl halides is 13. The molecule has 0 fully saturated rings. The van der Waals surface area contributed by atoms with Crippen molar-refractivity contribution in [3.05, 3.63) is 12.0 Å². The highest BCUT2D eigenvalue weighted by Gasteiger charge is 2.84. The molecule has 28 heavy (non-hydrogen) atoms. The van der Waals surface area contributed by atoms with Crippen LogP contribution in [0.3, 0.4) is 0 Å². The lowest BCUT2D eigenvalue weighted by Gasteiger charge is -2.32. The molecular weight excluding hydrogens is 457 g/mol. The third-order valence-corrected chi connectivity index (χ3v) is 2.34. The first kappa shape index (κ1) is 25.8. The van der Waals surface area contributed by atoms with E-state index in [1.165, 1.54) is 0 Å². The maximum Gasteiger partial charge on any atom is 0.478 e. The highest BCUT2D eigenvalue weighted by Crippen LogP contribution is 2.54. The van der Waals surface area contributed by atoms with Crippen LogP contribution in [0.1, 0.15) is 0 Å². The van der Waals surface area contributed by atoms with E-state index in [4.69, 9.17) is 5.11 Å². The Morgan fingerprint density at radius 2 is 0.929 bits per heavy atom. The van der Waals surface area contributed by atoms with E-state index in [9.17, 15) is 70.7 Å². The summed E-state index contributed by atoms with van der Waals surface area (Å²) in [7, 11) is 0. The van der Waals surface area contributed by atoms with Crippen molar-refractivity contribution in [2.45, 2.75) is 36.2 Å². The van der Waals surface area contributed by atoms with E-state index >= 15 is 0 Å². The first-order chi connectivity index (χ1) is 12.0. The number of carboxylic acid groups (broad SMARTS) is 1. The second-order valence-corrected chi connectivity index (χ2v) is 4.31. The second kappa shape index (κ2) is 6.98. The van der Waals surface area contributed by atoms with Crippen molar-refractivity contribution < 1.29 is 85.2 Å². The minimum Gasteiger partial charge on any atom is -0.477 e. The SMILES string of the molecule is O=C(O)C(F)(F)C(F)(F)O/C(F)=C(\F)OC(F)(F)C(F)(F)C(F)(F)C(F)(F)F. The predicted molar refractivity (Wildman–Crippen MR) is 49.8 cm³/mol. The summed E-state index contributed by atoms with van der Waals surface area (Å²) >= 11 is 0. The predicted octanol–water partition coefficient (Wildman–Crippen LogP) is 4.82. The summed E-state index contributed by atoms with van der Waals surface area (Å²) in [6.07, 6.45) is -21.3. The number of halogens is 15. The number of carboxylic acids is 1. The van der Waals surface area contributed by atoms with E-state index in [0.717, 1.165) is 0 Å². The van der Waals surface area contributed by atoms with Crippen LogP contribution < -0.4 is 0 Å². The number of hydrogen-bond donors (Lipinski definition) is 1. The van der Waals surface area contributed by atoms with Gasteiger partial charge in [-0.3, -0.25) is 0 Å². The lowest BCUT2D eigenvalue weighted by Crippen LogP contribution is -2.61. The standard InChI is InChI=1S/C9HF15O4/c10-1(27-8(21,22)4(12,13)3(25)26)2(11)28-9(23,24)6(16,17)5(14,15)7(18,19)20/h(H,25,26)/b2-1+. The highest BCUT2D eigenvalue weighted by molar-refractivity contribution is 5.76. The number of rotatable bonds is 8. The van der Waals surface area contributed by atoms with Crippen LogP contribution in [-0.2, 0) is 14.3 Å². The van der Waals surface area contributed by atoms with E-state index in [-0.39, 0.29) is 0 Å². The zero-order chi connectivity index (χ0) is 23.1. The Hall–Kier alpha value is -2.24. The largest absolute Gasteiger partial charge is 0.478 e. The summed E-state index contributed by atoms with van der Waals surface area (Å²) in [6.45, 7) is 0. The van der Waals surface area contributed by atoms with Crippen LogP contribution in [0.25, 0.3) is 0 Å².